The molecule has 0 saturated heterocycles. The van der Waals surface area contributed by atoms with Crippen LogP contribution in [0.3, 0.4) is 0 Å². The van der Waals surface area contributed by atoms with E-state index in [4.69, 9.17) is 0 Å². The Kier molecular flexibility index (Phi) is 6.67. The maximum atomic E-state index is 12.0. The molecule has 1 aromatic carbocycles. The molecule has 0 radical (unpaired) electrons. The quantitative estimate of drug-likeness (QED) is 0.784. The maximum absolute atomic E-state index is 12.0. The highest BCUT2D eigenvalue weighted by Gasteiger charge is 2.17. The third-order valence-electron chi connectivity index (χ3n) is 3.17. The van der Waals surface area contributed by atoms with Crippen LogP contribution in [-0.2, 0) is 14.8 Å². The summed E-state index contributed by atoms with van der Waals surface area (Å²) < 4.78 is 25.2. The zero-order valence-corrected chi connectivity index (χ0v) is 14.5. The minimum Gasteiger partial charge on any atom is -0.378 e. The average Bonchev–Trinajstić information content (AvgIpc) is 2.42. The molecular weight excluding hydrogens is 302 g/mol. The van der Waals surface area contributed by atoms with Gasteiger partial charge >= 0.3 is 0 Å². The third-order valence-corrected chi connectivity index (χ3v) is 4.36. The standard InChI is InChI=1S/C15H25N3O3S/c1-5-6-15(19)16-11-12-18(22(4,20)21)14-9-7-13(8-10-14)17(2)3/h7-10H,5-6,11-12H2,1-4H3,(H,16,19). The van der Waals surface area contributed by atoms with E-state index in [1.165, 1.54) is 10.6 Å². The lowest BCUT2D eigenvalue weighted by atomic mass is 10.2. The van der Waals surface area contributed by atoms with E-state index < -0.39 is 10.0 Å². The second-order valence-electron chi connectivity index (χ2n) is 5.35. The summed E-state index contributed by atoms with van der Waals surface area (Å²) in [4.78, 5) is 13.4. The number of nitrogens with zero attached hydrogens (tertiary/aromatic N) is 2. The number of anilines is 2. The van der Waals surface area contributed by atoms with E-state index in [2.05, 4.69) is 5.32 Å². The predicted molar refractivity (Wildman–Crippen MR) is 90.9 cm³/mol. The summed E-state index contributed by atoms with van der Waals surface area (Å²) in [6, 6.07) is 7.26. The first-order chi connectivity index (χ1) is 10.3. The average molecular weight is 327 g/mol. The first kappa shape index (κ1) is 18.3. The van der Waals surface area contributed by atoms with Gasteiger partial charge in [0, 0.05) is 32.7 Å². The Morgan fingerprint density at radius 2 is 1.68 bits per heavy atom. The van der Waals surface area contributed by atoms with Gasteiger partial charge in [-0.15, -0.1) is 0 Å². The Hall–Kier alpha value is -1.76. The first-order valence-electron chi connectivity index (χ1n) is 7.27. The van der Waals surface area contributed by atoms with E-state index in [0.29, 0.717) is 18.7 Å². The number of carbonyl (C=O) groups excluding carboxylic acids is 1. The largest absolute Gasteiger partial charge is 0.378 e. The van der Waals surface area contributed by atoms with Crippen molar-refractivity contribution < 1.29 is 13.2 Å². The summed E-state index contributed by atoms with van der Waals surface area (Å²) in [5.74, 6) is -0.0566. The second kappa shape index (κ2) is 8.03. The van der Waals surface area contributed by atoms with Crippen LogP contribution >= 0.6 is 0 Å². The zero-order chi connectivity index (χ0) is 16.8. The smallest absolute Gasteiger partial charge is 0.232 e. The van der Waals surface area contributed by atoms with Crippen molar-refractivity contribution in [1.29, 1.82) is 0 Å². The van der Waals surface area contributed by atoms with Gasteiger partial charge in [0.05, 0.1) is 18.5 Å². The highest BCUT2D eigenvalue weighted by molar-refractivity contribution is 7.92. The molecule has 1 amide bonds. The molecule has 0 aromatic heterocycles. The van der Waals surface area contributed by atoms with Gasteiger partial charge in [-0.1, -0.05) is 6.92 Å². The van der Waals surface area contributed by atoms with E-state index in [9.17, 15) is 13.2 Å². The van der Waals surface area contributed by atoms with Crippen molar-refractivity contribution in [3.8, 4) is 0 Å². The highest BCUT2D eigenvalue weighted by Crippen LogP contribution is 2.21. The molecule has 0 bridgehead atoms. The predicted octanol–water partition coefficient (Wildman–Crippen LogP) is 1.43. The van der Waals surface area contributed by atoms with Crippen molar-refractivity contribution >= 4 is 27.3 Å². The van der Waals surface area contributed by atoms with Crippen LogP contribution in [-0.4, -0.2) is 47.8 Å². The molecule has 7 heteroatoms. The van der Waals surface area contributed by atoms with Gasteiger partial charge in [-0.25, -0.2) is 8.42 Å². The Morgan fingerprint density at radius 1 is 1.14 bits per heavy atom. The first-order valence-corrected chi connectivity index (χ1v) is 9.12. The fourth-order valence-electron chi connectivity index (χ4n) is 2.02. The Bertz CT molecular complexity index is 583. The van der Waals surface area contributed by atoms with Gasteiger partial charge in [0.25, 0.3) is 0 Å². The van der Waals surface area contributed by atoms with Crippen LogP contribution in [0.15, 0.2) is 24.3 Å². The minimum absolute atomic E-state index is 0.0566. The fourth-order valence-corrected chi connectivity index (χ4v) is 2.94. The van der Waals surface area contributed by atoms with Crippen molar-refractivity contribution in [2.45, 2.75) is 19.8 Å². The molecule has 0 aliphatic heterocycles. The summed E-state index contributed by atoms with van der Waals surface area (Å²) in [7, 11) is 0.454. The van der Waals surface area contributed by atoms with Crippen LogP contribution in [0.1, 0.15) is 19.8 Å². The molecule has 1 rings (SSSR count). The SMILES string of the molecule is CCCC(=O)NCCN(c1ccc(N(C)C)cc1)S(C)(=O)=O. The molecule has 0 spiro atoms. The minimum atomic E-state index is -3.39. The van der Waals surface area contributed by atoms with Crippen molar-refractivity contribution in [1.82, 2.24) is 5.32 Å². The topological polar surface area (TPSA) is 69.7 Å². The van der Waals surface area contributed by atoms with Crippen molar-refractivity contribution in [2.75, 3.05) is 42.6 Å². The van der Waals surface area contributed by atoms with Crippen LogP contribution < -0.4 is 14.5 Å². The van der Waals surface area contributed by atoms with Crippen molar-refractivity contribution in [2.24, 2.45) is 0 Å². The summed E-state index contributed by atoms with van der Waals surface area (Å²) in [5, 5.41) is 2.73. The molecule has 0 fully saturated rings. The second-order valence-corrected chi connectivity index (χ2v) is 7.25. The molecule has 6 nitrogen and oxygen atoms in total. The maximum Gasteiger partial charge on any atom is 0.232 e. The molecule has 0 atom stereocenters. The fraction of sp³-hybridized carbons (Fsp3) is 0.533. The number of benzene rings is 1. The zero-order valence-electron chi connectivity index (χ0n) is 13.7. The molecule has 0 saturated carbocycles. The highest BCUT2D eigenvalue weighted by atomic mass is 32.2. The summed E-state index contributed by atoms with van der Waals surface area (Å²) in [6.45, 7) is 2.44. The Balaban J connectivity index is 2.79. The molecule has 0 aliphatic rings. The van der Waals surface area contributed by atoms with E-state index in [-0.39, 0.29) is 12.5 Å². The lowest BCUT2D eigenvalue weighted by molar-refractivity contribution is -0.121. The van der Waals surface area contributed by atoms with E-state index >= 15 is 0 Å². The van der Waals surface area contributed by atoms with Gasteiger partial charge < -0.3 is 10.2 Å². The molecule has 0 unspecified atom stereocenters. The monoisotopic (exact) mass is 327 g/mol. The van der Waals surface area contributed by atoms with E-state index in [0.717, 1.165) is 12.1 Å². The lowest BCUT2D eigenvalue weighted by Crippen LogP contribution is -2.38. The van der Waals surface area contributed by atoms with E-state index in [1.807, 2.05) is 38.1 Å². The lowest BCUT2D eigenvalue weighted by Gasteiger charge is -2.23. The Morgan fingerprint density at radius 3 is 2.14 bits per heavy atom. The number of sulfonamides is 1. The van der Waals surface area contributed by atoms with Crippen LogP contribution in [0.4, 0.5) is 11.4 Å². The van der Waals surface area contributed by atoms with Gasteiger partial charge in [-0.3, -0.25) is 9.10 Å². The van der Waals surface area contributed by atoms with Gasteiger partial charge in [0.1, 0.15) is 0 Å². The number of hydrogen-bond donors (Lipinski definition) is 1. The molecule has 0 heterocycles. The van der Waals surface area contributed by atoms with Gasteiger partial charge in [0.2, 0.25) is 15.9 Å². The van der Waals surface area contributed by atoms with Gasteiger partial charge in [0.15, 0.2) is 0 Å². The van der Waals surface area contributed by atoms with Crippen LogP contribution in [0.5, 0.6) is 0 Å². The normalized spacial score (nSPS) is 11.1. The number of amides is 1. The summed E-state index contributed by atoms with van der Waals surface area (Å²) >= 11 is 0. The molecular formula is C15H25N3O3S. The number of carbonyl (C=O) groups is 1. The van der Waals surface area contributed by atoms with Crippen LogP contribution in [0.2, 0.25) is 0 Å². The van der Waals surface area contributed by atoms with Crippen LogP contribution in [0, 0.1) is 0 Å². The van der Waals surface area contributed by atoms with Crippen LogP contribution in [0.25, 0.3) is 0 Å². The van der Waals surface area contributed by atoms with Crippen molar-refractivity contribution in [3.63, 3.8) is 0 Å². The number of hydrogen-bond acceptors (Lipinski definition) is 4. The molecule has 1 N–H and O–H groups in total. The summed E-state index contributed by atoms with van der Waals surface area (Å²) in [5.41, 5.74) is 1.59. The molecule has 124 valence electrons. The third kappa shape index (κ3) is 5.55. The molecule has 0 aliphatic carbocycles. The summed E-state index contributed by atoms with van der Waals surface area (Å²) in [6.07, 6.45) is 2.39. The van der Waals surface area contributed by atoms with E-state index in [1.54, 1.807) is 12.1 Å². The number of nitrogens with one attached hydrogen (secondary N) is 1. The van der Waals surface area contributed by atoms with Crippen molar-refractivity contribution in [3.05, 3.63) is 24.3 Å². The van der Waals surface area contributed by atoms with Gasteiger partial charge in [-0.2, -0.15) is 0 Å². The van der Waals surface area contributed by atoms with Gasteiger partial charge in [-0.05, 0) is 30.7 Å². The molecule has 1 aromatic rings. The Labute approximate surface area is 133 Å². The molecule has 22 heavy (non-hydrogen) atoms. The number of rotatable bonds is 8.